The van der Waals surface area contributed by atoms with Gasteiger partial charge in [0.2, 0.25) is 41.9 Å². The number of pyridine rings is 2. The number of hydrogen-bond donors (Lipinski definition) is 7. The van der Waals surface area contributed by atoms with Crippen molar-refractivity contribution in [2.75, 3.05) is 45.5 Å². The molecule has 0 radical (unpaired) electrons. The molecule has 2 aromatic heterocycles. The summed E-state index contributed by atoms with van der Waals surface area (Å²) >= 11 is 4.11. The van der Waals surface area contributed by atoms with Crippen molar-refractivity contribution in [3.8, 4) is 11.4 Å². The number of amides is 7. The predicted octanol–water partition coefficient (Wildman–Crippen LogP) is 3.77. The summed E-state index contributed by atoms with van der Waals surface area (Å²) in [5.74, 6) is -2.12. The molecule has 7 amide bonds. The van der Waals surface area contributed by atoms with E-state index < -0.39 is 35.1 Å². The Labute approximate surface area is 463 Å². The van der Waals surface area contributed by atoms with Gasteiger partial charge in [-0.15, -0.1) is 0 Å². The first-order chi connectivity index (χ1) is 38.0. The van der Waals surface area contributed by atoms with Crippen LogP contribution in [0.3, 0.4) is 0 Å². The normalized spacial score (nSPS) is 14.3. The molecular formula is C57H69FN8O12S. The van der Waals surface area contributed by atoms with E-state index in [0.717, 1.165) is 65.3 Å². The van der Waals surface area contributed by atoms with Crippen molar-refractivity contribution in [3.63, 3.8) is 0 Å². The smallest absolute Gasteiger partial charge is 0.257 e. The van der Waals surface area contributed by atoms with Crippen molar-refractivity contribution < 1.29 is 57.3 Å². The summed E-state index contributed by atoms with van der Waals surface area (Å²) in [5.41, 5.74) is 8.17. The number of ether oxygens (including phenoxy) is 2. The Morgan fingerprint density at radius 1 is 0.886 bits per heavy atom. The second-order valence-electron chi connectivity index (χ2n) is 18.3. The number of carbonyl (C=O) groups is 8. The number of nitrogens with one attached hydrogen (secondary N) is 5. The van der Waals surface area contributed by atoms with E-state index in [2.05, 4.69) is 39.2 Å². The summed E-state index contributed by atoms with van der Waals surface area (Å²) in [6.45, 7) is 8.27. The standard InChI is InChI=1S/C23H21FN2O4.C16H22N4O5.C16H20N2O3S.C2H6/c1-11-12-4-3-5-13-15-8-26-19(22(15)25-18(21(12)13)7-17(11)24)6-14(20(28)9-27)16(10-30-2)23(26)29;1-25-11-19-14(22)9-18-16(24)13(20-15(23)8-17-10-21)7-12-5-3-2-4-6-12;1-2-17-14(19)5-3-4-11-6-8-12(9-7-11)18-15(20)10-13(22)16(18)21;1-2/h6-7,9,20,28H,3-5,8,10H2,1-2H3;2-6,10,13H,7-9,11H2,1H3,(H,17,21)(H,18,24)(H,19,22)(H,20,23);6-9,13,22H,2-5,10H2,1H3,(H,17,19);1-2H3. The zero-order chi connectivity index (χ0) is 57.8. The van der Waals surface area contributed by atoms with Gasteiger partial charge in [0.1, 0.15) is 24.7 Å². The van der Waals surface area contributed by atoms with Crippen molar-refractivity contribution >= 4 is 77.4 Å². The quantitative estimate of drug-likeness (QED) is 0.0235. The second kappa shape index (κ2) is 30.5. The molecule has 8 rings (SSSR count). The lowest BCUT2D eigenvalue weighted by atomic mass is 9.85. The third kappa shape index (κ3) is 16.0. The number of aldehydes is 1. The Morgan fingerprint density at radius 2 is 1.59 bits per heavy atom. The van der Waals surface area contributed by atoms with Crippen LogP contribution in [-0.2, 0) is 86.7 Å². The Kier molecular flexibility index (Phi) is 24.0. The van der Waals surface area contributed by atoms with Crippen LogP contribution in [0.1, 0.15) is 97.1 Å². The van der Waals surface area contributed by atoms with Crippen LogP contribution in [0, 0.1) is 12.7 Å². The van der Waals surface area contributed by atoms with Crippen molar-refractivity contribution in [2.24, 2.45) is 0 Å². The van der Waals surface area contributed by atoms with Gasteiger partial charge in [0.05, 0.1) is 54.1 Å². The molecule has 4 heterocycles. The Morgan fingerprint density at radius 3 is 2.23 bits per heavy atom. The van der Waals surface area contributed by atoms with Gasteiger partial charge in [0.15, 0.2) is 6.29 Å². The van der Waals surface area contributed by atoms with Crippen LogP contribution in [0.25, 0.3) is 22.3 Å². The monoisotopic (exact) mass is 1110 g/mol. The molecule has 1 fully saturated rings. The minimum Gasteiger partial charge on any atom is -0.381 e. The number of aromatic nitrogens is 2. The highest BCUT2D eigenvalue weighted by atomic mass is 32.1. The number of anilines is 1. The molecule has 0 spiro atoms. The molecule has 5 aromatic rings. The molecule has 0 saturated carbocycles. The second-order valence-corrected chi connectivity index (χ2v) is 18.9. The zero-order valence-corrected chi connectivity index (χ0v) is 46.1. The number of carbonyl (C=O) groups excluding carboxylic acids is 8. The number of nitrogens with zero attached hydrogens (tertiary/aromatic N) is 3. The third-order valence-corrected chi connectivity index (χ3v) is 13.5. The van der Waals surface area contributed by atoms with Gasteiger partial charge in [0.25, 0.3) is 5.56 Å². The van der Waals surface area contributed by atoms with Crippen LogP contribution in [-0.4, -0.2) is 115 Å². The molecule has 79 heavy (non-hydrogen) atoms. The molecule has 6 N–H and O–H groups in total. The average molecular weight is 1110 g/mol. The highest BCUT2D eigenvalue weighted by Gasteiger charge is 2.37. The molecule has 3 aliphatic rings. The Balaban J connectivity index is 0.000000218. The van der Waals surface area contributed by atoms with E-state index in [1.807, 2.05) is 63.2 Å². The molecule has 422 valence electrons. The lowest BCUT2D eigenvalue weighted by Gasteiger charge is -2.21. The van der Waals surface area contributed by atoms with E-state index in [1.54, 1.807) is 29.7 Å². The van der Waals surface area contributed by atoms with Crippen LogP contribution in [0.5, 0.6) is 0 Å². The molecule has 1 saturated heterocycles. The number of hydrogen-bond acceptors (Lipinski definition) is 14. The maximum absolute atomic E-state index is 14.5. The molecule has 3 unspecified atom stereocenters. The number of methoxy groups -OCH3 is 2. The summed E-state index contributed by atoms with van der Waals surface area (Å²) in [4.78, 5) is 111. The summed E-state index contributed by atoms with van der Waals surface area (Å²) in [5, 5.41) is 23.1. The largest absolute Gasteiger partial charge is 0.381 e. The Hall–Kier alpha value is -7.66. The van der Waals surface area contributed by atoms with E-state index in [0.29, 0.717) is 60.4 Å². The molecule has 0 bridgehead atoms. The van der Waals surface area contributed by atoms with Gasteiger partial charge in [-0.1, -0.05) is 56.3 Å². The van der Waals surface area contributed by atoms with Gasteiger partial charge < -0.3 is 50.5 Å². The van der Waals surface area contributed by atoms with Crippen LogP contribution in [0.4, 0.5) is 10.1 Å². The van der Waals surface area contributed by atoms with E-state index in [9.17, 15) is 52.6 Å². The SMILES string of the molecule is CC.CCNC(=O)CCCc1ccc(N2C(=O)CC(S)C2=O)cc1.COCNC(=O)CNC(=O)C(Cc1ccccc1)NC(=O)CNC=O.COCc1c(C(O)C=O)cc2n(c1=O)Cc1c-2nc2cc(F)c(C)c3c2c1CCC3. The topological polar surface area (TPSA) is 274 Å². The number of imide groups is 1. The number of aliphatic hydroxyl groups excluding tert-OH is 1. The van der Waals surface area contributed by atoms with E-state index in [4.69, 9.17) is 14.5 Å². The lowest BCUT2D eigenvalue weighted by Crippen LogP contribution is -2.51. The van der Waals surface area contributed by atoms with Crippen molar-refractivity contribution in [3.05, 3.63) is 127 Å². The molecule has 20 nitrogen and oxygen atoms in total. The fourth-order valence-corrected chi connectivity index (χ4v) is 9.61. The number of halogens is 1. The van der Waals surface area contributed by atoms with Gasteiger partial charge in [-0.3, -0.25) is 38.4 Å². The van der Waals surface area contributed by atoms with Gasteiger partial charge in [-0.2, -0.15) is 12.6 Å². The van der Waals surface area contributed by atoms with E-state index in [-0.39, 0.29) is 79.5 Å². The molecule has 3 atom stereocenters. The number of rotatable bonds is 21. The fraction of sp³-hybridized carbons (Fsp3) is 0.404. The van der Waals surface area contributed by atoms with Crippen molar-refractivity contribution in [2.45, 2.75) is 110 Å². The van der Waals surface area contributed by atoms with Crippen molar-refractivity contribution in [1.82, 2.24) is 36.1 Å². The highest BCUT2D eigenvalue weighted by Crippen LogP contribution is 2.41. The average Bonchev–Trinajstić information content (AvgIpc) is 4.19. The van der Waals surface area contributed by atoms with E-state index >= 15 is 0 Å². The number of thiol groups is 1. The first kappa shape index (κ1) is 62.2. The van der Waals surface area contributed by atoms with Gasteiger partial charge >= 0.3 is 0 Å². The fourth-order valence-electron chi connectivity index (χ4n) is 9.33. The number of benzene rings is 3. The van der Waals surface area contributed by atoms with Gasteiger partial charge in [0, 0.05) is 68.2 Å². The zero-order valence-electron chi connectivity index (χ0n) is 45.2. The summed E-state index contributed by atoms with van der Waals surface area (Å²) in [7, 11) is 2.89. The Bertz CT molecular complexity index is 3070. The summed E-state index contributed by atoms with van der Waals surface area (Å²) in [6, 6.07) is 18.7. The van der Waals surface area contributed by atoms with Crippen LogP contribution < -0.4 is 37.0 Å². The van der Waals surface area contributed by atoms with Crippen LogP contribution in [0.15, 0.2) is 71.5 Å². The van der Waals surface area contributed by atoms with Gasteiger partial charge in [-0.25, -0.2) is 14.3 Å². The summed E-state index contributed by atoms with van der Waals surface area (Å²) < 4.78 is 26.0. The first-order valence-corrected chi connectivity index (χ1v) is 26.5. The van der Waals surface area contributed by atoms with Crippen LogP contribution >= 0.6 is 12.6 Å². The third-order valence-electron chi connectivity index (χ3n) is 13.1. The number of aryl methyl sites for hydroxylation is 3. The van der Waals surface area contributed by atoms with Gasteiger partial charge in [-0.05, 0) is 92.0 Å². The van der Waals surface area contributed by atoms with Crippen molar-refractivity contribution in [1.29, 1.82) is 0 Å². The summed E-state index contributed by atoms with van der Waals surface area (Å²) in [6.07, 6.45) is 4.39. The highest BCUT2D eigenvalue weighted by molar-refractivity contribution is 7.82. The predicted molar refractivity (Wildman–Crippen MR) is 297 cm³/mol. The molecular weight excluding hydrogens is 1040 g/mol. The molecule has 22 heteroatoms. The lowest BCUT2D eigenvalue weighted by molar-refractivity contribution is -0.130. The maximum Gasteiger partial charge on any atom is 0.257 e. The minimum atomic E-state index is -1.43. The molecule has 2 aliphatic heterocycles. The molecule has 3 aromatic carbocycles. The minimum absolute atomic E-state index is 0.00743. The van der Waals surface area contributed by atoms with Crippen LogP contribution in [0.2, 0.25) is 0 Å². The molecule has 1 aliphatic carbocycles. The first-order valence-electron chi connectivity index (χ1n) is 26.0. The number of aliphatic hydroxyl groups is 1. The van der Waals surface area contributed by atoms with E-state index in [1.165, 1.54) is 25.2 Å². The number of fused-ring (bicyclic) bond motifs is 4. The maximum atomic E-state index is 14.5.